The van der Waals surface area contributed by atoms with E-state index < -0.39 is 12.1 Å². The Morgan fingerprint density at radius 1 is 0.815 bits per heavy atom. The average molecular weight is 369 g/mol. The van der Waals surface area contributed by atoms with Crippen molar-refractivity contribution >= 4 is 0 Å². The molecule has 6 heteroatoms. The minimum Gasteiger partial charge on any atom is -0.488 e. The van der Waals surface area contributed by atoms with Crippen LogP contribution in [0.15, 0.2) is 72.8 Å². The molecule has 0 saturated carbocycles. The van der Waals surface area contributed by atoms with Crippen LogP contribution in [0.5, 0.6) is 11.5 Å². The SMILES string of the molecule is N#Cc1ccc(-c2ccccc2OCc2ccccc2)c(OC(F)(F)F)c1. The predicted molar refractivity (Wildman–Crippen MR) is 94.1 cm³/mol. The van der Waals surface area contributed by atoms with Crippen LogP contribution in [0, 0.1) is 11.3 Å². The van der Waals surface area contributed by atoms with Gasteiger partial charge in [-0.1, -0.05) is 48.5 Å². The fourth-order valence-corrected chi connectivity index (χ4v) is 2.57. The zero-order valence-corrected chi connectivity index (χ0v) is 14.0. The van der Waals surface area contributed by atoms with E-state index in [1.807, 2.05) is 36.4 Å². The highest BCUT2D eigenvalue weighted by molar-refractivity contribution is 5.76. The fourth-order valence-electron chi connectivity index (χ4n) is 2.57. The summed E-state index contributed by atoms with van der Waals surface area (Å²) in [7, 11) is 0. The van der Waals surface area contributed by atoms with Gasteiger partial charge in [-0.15, -0.1) is 13.2 Å². The van der Waals surface area contributed by atoms with Crippen molar-refractivity contribution in [2.45, 2.75) is 13.0 Å². The first-order chi connectivity index (χ1) is 13.0. The summed E-state index contributed by atoms with van der Waals surface area (Å²) in [6.45, 7) is 0.267. The number of rotatable bonds is 5. The number of hydrogen-bond donors (Lipinski definition) is 0. The third-order valence-electron chi connectivity index (χ3n) is 3.75. The van der Waals surface area contributed by atoms with Gasteiger partial charge < -0.3 is 9.47 Å². The minimum atomic E-state index is -4.87. The third kappa shape index (κ3) is 4.79. The number of nitriles is 1. The maximum absolute atomic E-state index is 12.8. The first-order valence-electron chi connectivity index (χ1n) is 8.02. The number of hydrogen-bond acceptors (Lipinski definition) is 3. The number of alkyl halides is 3. The number of benzene rings is 3. The Morgan fingerprint density at radius 3 is 2.19 bits per heavy atom. The highest BCUT2D eigenvalue weighted by atomic mass is 19.4. The summed E-state index contributed by atoms with van der Waals surface area (Å²) >= 11 is 0. The van der Waals surface area contributed by atoms with E-state index in [1.54, 1.807) is 24.3 Å². The summed E-state index contributed by atoms with van der Waals surface area (Å²) in [5.41, 5.74) is 1.63. The molecule has 3 aromatic carbocycles. The molecular formula is C21H14F3NO2. The van der Waals surface area contributed by atoms with Gasteiger partial charge in [0.1, 0.15) is 18.1 Å². The molecule has 0 unspecified atom stereocenters. The topological polar surface area (TPSA) is 42.2 Å². The monoisotopic (exact) mass is 369 g/mol. The van der Waals surface area contributed by atoms with E-state index in [0.29, 0.717) is 11.3 Å². The Bertz CT molecular complexity index is 963. The van der Waals surface area contributed by atoms with Crippen molar-refractivity contribution in [2.24, 2.45) is 0 Å². The molecule has 0 heterocycles. The lowest BCUT2D eigenvalue weighted by molar-refractivity contribution is -0.274. The second-order valence-electron chi connectivity index (χ2n) is 5.64. The quantitative estimate of drug-likeness (QED) is 0.579. The predicted octanol–water partition coefficient (Wildman–Crippen LogP) is 5.70. The molecule has 3 aromatic rings. The summed E-state index contributed by atoms with van der Waals surface area (Å²) in [6.07, 6.45) is -4.87. The first-order valence-corrected chi connectivity index (χ1v) is 8.02. The highest BCUT2D eigenvalue weighted by Gasteiger charge is 2.32. The molecule has 27 heavy (non-hydrogen) atoms. The summed E-state index contributed by atoms with van der Waals surface area (Å²) in [6, 6.07) is 21.9. The van der Waals surface area contributed by atoms with Crippen molar-refractivity contribution in [3.8, 4) is 28.7 Å². The summed E-state index contributed by atoms with van der Waals surface area (Å²) in [5.74, 6) is -0.0320. The van der Waals surface area contributed by atoms with Crippen LogP contribution in [0.1, 0.15) is 11.1 Å². The number of nitrogens with zero attached hydrogens (tertiary/aromatic N) is 1. The van der Waals surface area contributed by atoms with Gasteiger partial charge in [-0.3, -0.25) is 0 Å². The molecule has 136 valence electrons. The van der Waals surface area contributed by atoms with Crippen LogP contribution in [-0.4, -0.2) is 6.36 Å². The lowest BCUT2D eigenvalue weighted by atomic mass is 10.0. The van der Waals surface area contributed by atoms with E-state index >= 15 is 0 Å². The molecule has 0 N–H and O–H groups in total. The second kappa shape index (κ2) is 7.83. The summed E-state index contributed by atoms with van der Waals surface area (Å²) in [4.78, 5) is 0. The average Bonchev–Trinajstić information content (AvgIpc) is 2.66. The van der Waals surface area contributed by atoms with E-state index in [9.17, 15) is 13.2 Å². The van der Waals surface area contributed by atoms with Gasteiger partial charge in [-0.25, -0.2) is 0 Å². The maximum atomic E-state index is 12.8. The van der Waals surface area contributed by atoms with Crippen molar-refractivity contribution in [1.29, 1.82) is 5.26 Å². The van der Waals surface area contributed by atoms with Crippen LogP contribution in [-0.2, 0) is 6.61 Å². The van der Waals surface area contributed by atoms with Gasteiger partial charge in [0.15, 0.2) is 0 Å². The van der Waals surface area contributed by atoms with Crippen LogP contribution < -0.4 is 9.47 Å². The number of para-hydroxylation sites is 1. The van der Waals surface area contributed by atoms with Gasteiger partial charge in [0, 0.05) is 11.1 Å². The summed E-state index contributed by atoms with van der Waals surface area (Å²) < 4.78 is 48.4. The zero-order valence-electron chi connectivity index (χ0n) is 14.0. The molecule has 0 aliphatic rings. The second-order valence-corrected chi connectivity index (χ2v) is 5.64. The van der Waals surface area contributed by atoms with Crippen LogP contribution in [0.4, 0.5) is 13.2 Å². The van der Waals surface area contributed by atoms with Crippen molar-refractivity contribution in [3.05, 3.63) is 83.9 Å². The molecule has 0 radical (unpaired) electrons. The molecule has 0 bridgehead atoms. The fraction of sp³-hybridized carbons (Fsp3) is 0.0952. The van der Waals surface area contributed by atoms with E-state index in [0.717, 1.165) is 11.6 Å². The van der Waals surface area contributed by atoms with Crippen molar-refractivity contribution in [2.75, 3.05) is 0 Å². The van der Waals surface area contributed by atoms with Crippen LogP contribution >= 0.6 is 0 Å². The standard InChI is InChI=1S/C21H14F3NO2/c22-21(23,24)27-20-12-16(13-25)10-11-18(20)17-8-4-5-9-19(17)26-14-15-6-2-1-3-7-15/h1-12H,14H2. The largest absolute Gasteiger partial charge is 0.573 e. The Balaban J connectivity index is 1.98. The Morgan fingerprint density at radius 2 is 1.48 bits per heavy atom. The van der Waals surface area contributed by atoms with Crippen molar-refractivity contribution < 1.29 is 22.6 Å². The highest BCUT2D eigenvalue weighted by Crippen LogP contribution is 2.39. The van der Waals surface area contributed by atoms with Crippen molar-refractivity contribution in [1.82, 2.24) is 0 Å². The Hall–Kier alpha value is -3.46. The molecule has 0 aliphatic carbocycles. The van der Waals surface area contributed by atoms with E-state index in [2.05, 4.69) is 4.74 Å². The van der Waals surface area contributed by atoms with E-state index in [1.165, 1.54) is 12.1 Å². The molecule has 0 aromatic heterocycles. The van der Waals surface area contributed by atoms with Gasteiger partial charge >= 0.3 is 6.36 Å². The maximum Gasteiger partial charge on any atom is 0.573 e. The summed E-state index contributed by atoms with van der Waals surface area (Å²) in [5, 5.41) is 8.98. The van der Waals surface area contributed by atoms with Crippen LogP contribution in [0.2, 0.25) is 0 Å². The number of ether oxygens (including phenoxy) is 2. The van der Waals surface area contributed by atoms with Gasteiger partial charge in [0.25, 0.3) is 0 Å². The van der Waals surface area contributed by atoms with E-state index in [-0.39, 0.29) is 17.7 Å². The van der Waals surface area contributed by atoms with Gasteiger partial charge in [0.2, 0.25) is 0 Å². The molecular weight excluding hydrogens is 355 g/mol. The van der Waals surface area contributed by atoms with Crippen molar-refractivity contribution in [3.63, 3.8) is 0 Å². The third-order valence-corrected chi connectivity index (χ3v) is 3.75. The van der Waals surface area contributed by atoms with Gasteiger partial charge in [-0.2, -0.15) is 5.26 Å². The van der Waals surface area contributed by atoms with E-state index in [4.69, 9.17) is 10.00 Å². The normalized spacial score (nSPS) is 10.9. The Labute approximate surface area is 154 Å². The van der Waals surface area contributed by atoms with Crippen LogP contribution in [0.3, 0.4) is 0 Å². The number of halogens is 3. The van der Waals surface area contributed by atoms with Gasteiger partial charge in [-0.05, 0) is 29.8 Å². The molecule has 0 aliphatic heterocycles. The molecule has 0 spiro atoms. The van der Waals surface area contributed by atoms with Gasteiger partial charge in [0.05, 0.1) is 11.6 Å². The van der Waals surface area contributed by atoms with Crippen LogP contribution in [0.25, 0.3) is 11.1 Å². The zero-order chi connectivity index (χ0) is 19.3. The molecule has 3 nitrogen and oxygen atoms in total. The minimum absolute atomic E-state index is 0.0701. The molecule has 0 atom stereocenters. The lowest BCUT2D eigenvalue weighted by Crippen LogP contribution is -2.17. The first kappa shape index (κ1) is 18.3. The lowest BCUT2D eigenvalue weighted by Gasteiger charge is -2.16. The molecule has 0 amide bonds. The molecule has 0 fully saturated rings. The Kier molecular flexibility index (Phi) is 5.32. The molecule has 3 rings (SSSR count). The smallest absolute Gasteiger partial charge is 0.488 e. The molecule has 0 saturated heterocycles.